The zero-order valence-electron chi connectivity index (χ0n) is 8.25. The van der Waals surface area contributed by atoms with E-state index >= 15 is 0 Å². The van der Waals surface area contributed by atoms with Crippen LogP contribution in [0, 0.1) is 0 Å². The second-order valence-electron chi connectivity index (χ2n) is 3.52. The summed E-state index contributed by atoms with van der Waals surface area (Å²) in [4.78, 5) is 4.34. The first kappa shape index (κ1) is 9.53. The number of fused-ring (bicyclic) bond motifs is 1. The highest BCUT2D eigenvalue weighted by atomic mass is 35.5. The second kappa shape index (κ2) is 3.62. The van der Waals surface area contributed by atoms with Crippen molar-refractivity contribution in [3.63, 3.8) is 0 Å². The molecule has 0 N–H and O–H groups in total. The molecule has 1 aromatic rings. The van der Waals surface area contributed by atoms with Gasteiger partial charge in [-0.15, -0.1) is 0 Å². The number of benzene rings is 1. The maximum absolute atomic E-state index is 6.01. The summed E-state index contributed by atoms with van der Waals surface area (Å²) in [6, 6.07) is 4.26. The molecule has 1 atom stereocenters. The number of halogens is 1. The second-order valence-corrected chi connectivity index (χ2v) is 3.92. The molecule has 0 amide bonds. The molecule has 1 aliphatic rings. The van der Waals surface area contributed by atoms with E-state index in [4.69, 9.17) is 16.3 Å². The van der Waals surface area contributed by atoms with Crippen LogP contribution in [0.15, 0.2) is 17.1 Å². The molecule has 0 bridgehead atoms. The van der Waals surface area contributed by atoms with Crippen molar-refractivity contribution < 1.29 is 4.74 Å². The summed E-state index contributed by atoms with van der Waals surface area (Å²) >= 11 is 6.01. The lowest BCUT2D eigenvalue weighted by Crippen LogP contribution is -2.11. The molecule has 0 aromatic heterocycles. The summed E-state index contributed by atoms with van der Waals surface area (Å²) in [5.41, 5.74) is 2.36. The van der Waals surface area contributed by atoms with Gasteiger partial charge in [0, 0.05) is 6.21 Å². The average Bonchev–Trinajstić information content (AvgIpc) is 2.17. The molecule has 0 saturated heterocycles. The zero-order chi connectivity index (χ0) is 10.1. The van der Waals surface area contributed by atoms with Crippen LogP contribution in [0.1, 0.15) is 18.1 Å². The van der Waals surface area contributed by atoms with Gasteiger partial charge in [0.2, 0.25) is 0 Å². The van der Waals surface area contributed by atoms with Crippen LogP contribution in [0.25, 0.3) is 0 Å². The van der Waals surface area contributed by atoms with Crippen LogP contribution in [-0.2, 0) is 6.42 Å². The number of aliphatic imine (C=N–C) groups is 1. The predicted octanol–water partition coefficient (Wildman–Crippen LogP) is 2.71. The maximum atomic E-state index is 6.01. The third-order valence-corrected chi connectivity index (χ3v) is 2.69. The summed E-state index contributed by atoms with van der Waals surface area (Å²) in [5.74, 6) is 0.743. The van der Waals surface area contributed by atoms with E-state index < -0.39 is 0 Å². The van der Waals surface area contributed by atoms with Gasteiger partial charge in [-0.05, 0) is 36.6 Å². The molecule has 2 nitrogen and oxygen atoms in total. The van der Waals surface area contributed by atoms with Crippen LogP contribution in [0.2, 0.25) is 5.02 Å². The van der Waals surface area contributed by atoms with Crippen molar-refractivity contribution in [1.29, 1.82) is 0 Å². The first-order valence-corrected chi connectivity index (χ1v) is 4.98. The lowest BCUT2D eigenvalue weighted by atomic mass is 9.99. The molecular weight excluding hydrogens is 198 g/mol. The third kappa shape index (κ3) is 1.62. The van der Waals surface area contributed by atoms with Crippen LogP contribution >= 0.6 is 11.6 Å². The quantitative estimate of drug-likeness (QED) is 0.697. The van der Waals surface area contributed by atoms with E-state index in [2.05, 4.69) is 11.9 Å². The molecule has 3 heteroatoms. The predicted molar refractivity (Wildman–Crippen MR) is 58.8 cm³/mol. The molecule has 0 saturated carbocycles. The van der Waals surface area contributed by atoms with E-state index in [1.807, 2.05) is 18.3 Å². The van der Waals surface area contributed by atoms with E-state index in [0.717, 1.165) is 17.7 Å². The summed E-state index contributed by atoms with van der Waals surface area (Å²) in [6.45, 7) is 2.10. The molecule has 1 aromatic carbocycles. The number of nitrogens with zero attached hydrogens (tertiary/aromatic N) is 1. The van der Waals surface area contributed by atoms with Crippen LogP contribution in [0.5, 0.6) is 5.75 Å². The van der Waals surface area contributed by atoms with E-state index in [0.29, 0.717) is 11.1 Å². The Bertz CT molecular complexity index is 387. The average molecular weight is 210 g/mol. The van der Waals surface area contributed by atoms with Crippen molar-refractivity contribution in [2.24, 2.45) is 4.99 Å². The standard InChI is InChI=1S/C11H12ClNO/c1-7-3-8-5-11(14-2)10(12)4-9(8)6-13-7/h4-7H,3H2,1-2H3. The highest BCUT2D eigenvalue weighted by Crippen LogP contribution is 2.29. The fraction of sp³-hybridized carbons (Fsp3) is 0.364. The van der Waals surface area contributed by atoms with Crippen LogP contribution in [0.3, 0.4) is 0 Å². The largest absolute Gasteiger partial charge is 0.495 e. The van der Waals surface area contributed by atoms with Crippen molar-refractivity contribution in [3.05, 3.63) is 28.3 Å². The minimum Gasteiger partial charge on any atom is -0.495 e. The van der Waals surface area contributed by atoms with E-state index in [1.165, 1.54) is 5.56 Å². The Hall–Kier alpha value is -1.02. The highest BCUT2D eigenvalue weighted by molar-refractivity contribution is 6.32. The van der Waals surface area contributed by atoms with Crippen molar-refractivity contribution >= 4 is 17.8 Å². The molecule has 1 unspecified atom stereocenters. The normalized spacial score (nSPS) is 19.2. The Labute approximate surface area is 88.6 Å². The van der Waals surface area contributed by atoms with Gasteiger partial charge in [-0.25, -0.2) is 0 Å². The fourth-order valence-electron chi connectivity index (χ4n) is 1.64. The fourth-order valence-corrected chi connectivity index (χ4v) is 1.89. The molecular formula is C11H12ClNO. The van der Waals surface area contributed by atoms with Gasteiger partial charge in [-0.3, -0.25) is 4.99 Å². The Kier molecular flexibility index (Phi) is 2.46. The number of hydrogen-bond donors (Lipinski definition) is 0. The number of methoxy groups -OCH3 is 1. The highest BCUT2D eigenvalue weighted by Gasteiger charge is 2.13. The monoisotopic (exact) mass is 209 g/mol. The summed E-state index contributed by atoms with van der Waals surface area (Å²) in [5, 5.41) is 0.646. The molecule has 1 heterocycles. The topological polar surface area (TPSA) is 21.6 Å². The molecule has 14 heavy (non-hydrogen) atoms. The third-order valence-electron chi connectivity index (χ3n) is 2.40. The Morgan fingerprint density at radius 1 is 1.50 bits per heavy atom. The molecule has 1 aliphatic heterocycles. The maximum Gasteiger partial charge on any atom is 0.137 e. The van der Waals surface area contributed by atoms with E-state index in [-0.39, 0.29) is 0 Å². The minimum absolute atomic E-state index is 0.355. The molecule has 74 valence electrons. The van der Waals surface area contributed by atoms with Gasteiger partial charge in [0.1, 0.15) is 5.75 Å². The van der Waals surface area contributed by atoms with Gasteiger partial charge in [0.15, 0.2) is 0 Å². The van der Waals surface area contributed by atoms with Crippen LogP contribution in [-0.4, -0.2) is 19.4 Å². The smallest absolute Gasteiger partial charge is 0.137 e. The van der Waals surface area contributed by atoms with Gasteiger partial charge in [-0.1, -0.05) is 11.6 Å². The van der Waals surface area contributed by atoms with Gasteiger partial charge < -0.3 is 4.74 Å². The van der Waals surface area contributed by atoms with Gasteiger partial charge in [0.05, 0.1) is 18.2 Å². The number of hydrogen-bond acceptors (Lipinski definition) is 2. The van der Waals surface area contributed by atoms with Crippen LogP contribution in [0.4, 0.5) is 0 Å². The summed E-state index contributed by atoms with van der Waals surface area (Å²) in [6.07, 6.45) is 2.84. The Morgan fingerprint density at radius 3 is 3.00 bits per heavy atom. The van der Waals surface area contributed by atoms with Crippen molar-refractivity contribution in [2.45, 2.75) is 19.4 Å². The number of ether oxygens (including phenoxy) is 1. The Morgan fingerprint density at radius 2 is 2.29 bits per heavy atom. The van der Waals surface area contributed by atoms with Crippen molar-refractivity contribution in [3.8, 4) is 5.75 Å². The van der Waals surface area contributed by atoms with Gasteiger partial charge >= 0.3 is 0 Å². The molecule has 0 aliphatic carbocycles. The molecule has 0 fully saturated rings. The SMILES string of the molecule is COc1cc2c(cc1Cl)C=NC(C)C2. The molecule has 0 radical (unpaired) electrons. The summed E-state index contributed by atoms with van der Waals surface area (Å²) in [7, 11) is 1.63. The van der Waals surface area contributed by atoms with E-state index in [1.54, 1.807) is 7.11 Å². The molecule has 0 spiro atoms. The van der Waals surface area contributed by atoms with Crippen molar-refractivity contribution in [2.75, 3.05) is 7.11 Å². The summed E-state index contributed by atoms with van der Waals surface area (Å²) < 4.78 is 5.17. The van der Waals surface area contributed by atoms with E-state index in [9.17, 15) is 0 Å². The van der Waals surface area contributed by atoms with Gasteiger partial charge in [0.25, 0.3) is 0 Å². The lowest BCUT2D eigenvalue weighted by molar-refractivity contribution is 0.414. The van der Waals surface area contributed by atoms with Crippen LogP contribution < -0.4 is 4.74 Å². The zero-order valence-corrected chi connectivity index (χ0v) is 9.01. The lowest BCUT2D eigenvalue weighted by Gasteiger charge is -2.16. The van der Waals surface area contributed by atoms with Gasteiger partial charge in [-0.2, -0.15) is 0 Å². The van der Waals surface area contributed by atoms with Crippen molar-refractivity contribution in [1.82, 2.24) is 0 Å². The first-order valence-electron chi connectivity index (χ1n) is 4.60. The number of rotatable bonds is 1. The first-order chi connectivity index (χ1) is 6.70. The Balaban J connectivity index is 2.48. The molecule has 2 rings (SSSR count). The minimum atomic E-state index is 0.355.